The molecule has 11 heteroatoms. The molecule has 1 aromatic carbocycles. The molecule has 5 rings (SSSR count). The molecule has 4 heterocycles. The molecule has 0 bridgehead atoms. The van der Waals surface area contributed by atoms with Gasteiger partial charge in [0.05, 0.1) is 18.4 Å². The zero-order chi connectivity index (χ0) is 25.6. The van der Waals surface area contributed by atoms with E-state index in [0.717, 1.165) is 36.9 Å². The number of nitrogens with zero attached hydrogens (tertiary/aromatic N) is 6. The van der Waals surface area contributed by atoms with Gasteiger partial charge in [0.1, 0.15) is 5.71 Å². The normalized spacial score (nSPS) is 20.5. The topological polar surface area (TPSA) is 114 Å². The molecule has 37 heavy (non-hydrogen) atoms. The standard InChI is InChI=1S/C26H28N6O4S/c1-18(26-35-13-14-37-26)30-36-16-23(33)28-29-24-20-8-2-3-10-22(20)32(25(24)34)17-31-12-5-4-9-21(31)19-7-6-11-27-15-19/h2-3,6-8,10-11,13-15,21,26,34H,4-5,9,12,16-17H2,1H3/t21-,26-/m1/s1. The van der Waals surface area contributed by atoms with E-state index in [9.17, 15) is 9.90 Å². The molecule has 0 radical (unpaired) electrons. The van der Waals surface area contributed by atoms with Crippen molar-refractivity contribution in [2.75, 3.05) is 13.2 Å². The number of pyridine rings is 1. The maximum atomic E-state index is 12.3. The predicted octanol–water partition coefficient (Wildman–Crippen LogP) is 5.49. The van der Waals surface area contributed by atoms with E-state index in [4.69, 9.17) is 9.57 Å². The fourth-order valence-corrected chi connectivity index (χ4v) is 5.25. The lowest BCUT2D eigenvalue weighted by Gasteiger charge is -2.36. The number of fused-ring (bicyclic) bond motifs is 1. The summed E-state index contributed by atoms with van der Waals surface area (Å²) in [5, 5.41) is 25.5. The van der Waals surface area contributed by atoms with Crippen LogP contribution in [0, 0.1) is 0 Å². The SMILES string of the molecule is CC(=NOCC(=O)N=Nc1c(O)n(CN2CCCC[C@@H]2c2cccnc2)c2ccccc12)[C@@H]1OC=CS1. The van der Waals surface area contributed by atoms with Crippen molar-refractivity contribution < 1.29 is 19.5 Å². The number of thioether (sulfide) groups is 1. The summed E-state index contributed by atoms with van der Waals surface area (Å²) < 4.78 is 7.15. The first kappa shape index (κ1) is 25.0. The molecule has 0 spiro atoms. The average Bonchev–Trinajstić information content (AvgIpc) is 3.56. The van der Waals surface area contributed by atoms with Gasteiger partial charge in [-0.25, -0.2) is 0 Å². The van der Waals surface area contributed by atoms with Crippen molar-refractivity contribution in [2.24, 2.45) is 15.4 Å². The van der Waals surface area contributed by atoms with E-state index in [1.54, 1.807) is 19.4 Å². The first-order valence-corrected chi connectivity index (χ1v) is 13.1. The quantitative estimate of drug-likeness (QED) is 0.237. The van der Waals surface area contributed by atoms with Gasteiger partial charge in [-0.15, -0.1) is 10.2 Å². The van der Waals surface area contributed by atoms with Crippen molar-refractivity contribution >= 4 is 40.0 Å². The number of piperidine rings is 1. The lowest BCUT2D eigenvalue weighted by molar-refractivity contribution is -0.122. The van der Waals surface area contributed by atoms with Crippen molar-refractivity contribution in [2.45, 2.75) is 44.3 Å². The highest BCUT2D eigenvalue weighted by atomic mass is 32.2. The van der Waals surface area contributed by atoms with Crippen LogP contribution in [0.1, 0.15) is 37.8 Å². The number of azo groups is 1. The molecule has 0 aliphatic carbocycles. The fourth-order valence-electron chi connectivity index (χ4n) is 4.61. The van der Waals surface area contributed by atoms with Gasteiger partial charge in [-0.05, 0) is 37.5 Å². The Labute approximate surface area is 218 Å². The molecule has 1 fully saturated rings. The molecule has 1 amide bonds. The van der Waals surface area contributed by atoms with Crippen LogP contribution in [0.5, 0.6) is 5.88 Å². The lowest BCUT2D eigenvalue weighted by atomic mass is 9.97. The van der Waals surface area contributed by atoms with Crippen molar-refractivity contribution in [3.05, 3.63) is 66.0 Å². The van der Waals surface area contributed by atoms with Crippen LogP contribution in [0.3, 0.4) is 0 Å². The summed E-state index contributed by atoms with van der Waals surface area (Å²) in [6, 6.07) is 11.8. The second-order valence-corrected chi connectivity index (χ2v) is 9.82. The summed E-state index contributed by atoms with van der Waals surface area (Å²) in [4.78, 5) is 24.0. The third kappa shape index (κ3) is 5.67. The van der Waals surface area contributed by atoms with Crippen LogP contribution in [0.15, 0.2) is 75.8 Å². The number of ether oxygens (including phenoxy) is 1. The summed E-state index contributed by atoms with van der Waals surface area (Å²) >= 11 is 1.46. The van der Waals surface area contributed by atoms with Crippen molar-refractivity contribution in [3.63, 3.8) is 0 Å². The zero-order valence-corrected chi connectivity index (χ0v) is 21.3. The Morgan fingerprint density at radius 2 is 2.16 bits per heavy atom. The largest absolute Gasteiger partial charge is 0.493 e. The highest BCUT2D eigenvalue weighted by Gasteiger charge is 2.27. The minimum absolute atomic E-state index is 0.0362. The molecule has 2 aliphatic rings. The highest BCUT2D eigenvalue weighted by Crippen LogP contribution is 2.40. The van der Waals surface area contributed by atoms with E-state index in [-0.39, 0.29) is 29.7 Å². The van der Waals surface area contributed by atoms with Gasteiger partial charge in [0.25, 0.3) is 0 Å². The molecule has 2 aliphatic heterocycles. The van der Waals surface area contributed by atoms with Crippen molar-refractivity contribution in [3.8, 4) is 5.88 Å². The molecular weight excluding hydrogens is 492 g/mol. The van der Waals surface area contributed by atoms with Crippen LogP contribution in [0.4, 0.5) is 5.69 Å². The van der Waals surface area contributed by atoms with Gasteiger partial charge >= 0.3 is 5.91 Å². The van der Waals surface area contributed by atoms with Crippen LogP contribution < -0.4 is 0 Å². The van der Waals surface area contributed by atoms with Gasteiger partial charge in [0, 0.05) is 35.8 Å². The van der Waals surface area contributed by atoms with Crippen molar-refractivity contribution in [1.82, 2.24) is 14.5 Å². The number of hydrogen-bond acceptors (Lipinski definition) is 9. The number of benzene rings is 1. The minimum atomic E-state index is -0.612. The predicted molar refractivity (Wildman–Crippen MR) is 141 cm³/mol. The monoisotopic (exact) mass is 520 g/mol. The average molecular weight is 521 g/mol. The Bertz CT molecular complexity index is 1330. The number of oxime groups is 1. The Morgan fingerprint density at radius 3 is 2.97 bits per heavy atom. The zero-order valence-electron chi connectivity index (χ0n) is 20.4. The van der Waals surface area contributed by atoms with E-state index in [0.29, 0.717) is 17.8 Å². The van der Waals surface area contributed by atoms with Crippen LogP contribution in [0.2, 0.25) is 0 Å². The molecule has 192 valence electrons. The molecule has 2 atom stereocenters. The number of likely N-dealkylation sites (tertiary alicyclic amines) is 1. The molecule has 0 saturated carbocycles. The van der Waals surface area contributed by atoms with Gasteiger partial charge < -0.3 is 14.7 Å². The number of amides is 1. The van der Waals surface area contributed by atoms with Gasteiger partial charge in [-0.1, -0.05) is 47.6 Å². The smallest absolute Gasteiger partial charge is 0.304 e. The minimum Gasteiger partial charge on any atom is -0.493 e. The highest BCUT2D eigenvalue weighted by molar-refractivity contribution is 8.03. The molecule has 1 saturated heterocycles. The summed E-state index contributed by atoms with van der Waals surface area (Å²) in [6.07, 6.45) is 8.52. The summed E-state index contributed by atoms with van der Waals surface area (Å²) in [5.74, 6) is -0.649. The molecule has 10 nitrogen and oxygen atoms in total. The first-order valence-electron chi connectivity index (χ1n) is 12.1. The number of carbonyl (C=O) groups is 1. The van der Waals surface area contributed by atoms with E-state index in [2.05, 4.69) is 31.3 Å². The number of rotatable bonds is 8. The van der Waals surface area contributed by atoms with E-state index in [1.807, 2.05) is 46.5 Å². The second kappa shape index (κ2) is 11.6. The Hall–Kier alpha value is -3.70. The molecular formula is C26H28N6O4S. The van der Waals surface area contributed by atoms with Gasteiger partial charge in [0.2, 0.25) is 5.88 Å². The Kier molecular flexibility index (Phi) is 7.81. The van der Waals surface area contributed by atoms with E-state index < -0.39 is 5.91 Å². The molecule has 1 N–H and O–H groups in total. The van der Waals surface area contributed by atoms with Crippen LogP contribution in [-0.4, -0.2) is 49.8 Å². The van der Waals surface area contributed by atoms with E-state index in [1.165, 1.54) is 11.8 Å². The molecule has 2 aromatic heterocycles. The Morgan fingerprint density at radius 1 is 1.27 bits per heavy atom. The van der Waals surface area contributed by atoms with Crippen LogP contribution in [0.25, 0.3) is 10.9 Å². The maximum absolute atomic E-state index is 12.3. The summed E-state index contributed by atoms with van der Waals surface area (Å²) in [5.41, 5.74) is 2.58. The van der Waals surface area contributed by atoms with Gasteiger partial charge in [-0.3, -0.25) is 19.2 Å². The lowest BCUT2D eigenvalue weighted by Crippen LogP contribution is -2.34. The summed E-state index contributed by atoms with van der Waals surface area (Å²) in [7, 11) is 0. The van der Waals surface area contributed by atoms with Crippen LogP contribution >= 0.6 is 11.8 Å². The first-order chi connectivity index (χ1) is 18.1. The Balaban J connectivity index is 1.32. The van der Waals surface area contributed by atoms with Gasteiger partial charge in [-0.2, -0.15) is 0 Å². The number of aromatic nitrogens is 2. The third-order valence-corrected chi connectivity index (χ3v) is 7.35. The van der Waals surface area contributed by atoms with Crippen molar-refractivity contribution in [1.29, 1.82) is 0 Å². The van der Waals surface area contributed by atoms with E-state index >= 15 is 0 Å². The number of hydrogen-bond donors (Lipinski definition) is 1. The third-order valence-electron chi connectivity index (χ3n) is 6.38. The number of carbonyl (C=O) groups excluding carboxylic acids is 1. The molecule has 3 aromatic rings. The van der Waals surface area contributed by atoms with Crippen LogP contribution in [-0.2, 0) is 21.0 Å². The van der Waals surface area contributed by atoms with Gasteiger partial charge in [0.15, 0.2) is 17.7 Å². The number of para-hydroxylation sites is 1. The molecule has 0 unspecified atom stereocenters. The maximum Gasteiger partial charge on any atom is 0.304 e. The fraction of sp³-hybridized carbons (Fsp3) is 0.346. The number of aromatic hydroxyl groups is 1. The summed E-state index contributed by atoms with van der Waals surface area (Å²) in [6.45, 7) is 2.76. The second-order valence-electron chi connectivity index (χ2n) is 8.85.